The van der Waals surface area contributed by atoms with E-state index >= 15 is 0 Å². The summed E-state index contributed by atoms with van der Waals surface area (Å²) < 4.78 is 5.38. The van der Waals surface area contributed by atoms with Gasteiger partial charge in [0.1, 0.15) is 11.5 Å². The van der Waals surface area contributed by atoms with Crippen LogP contribution in [0.5, 0.6) is 5.75 Å². The Balaban J connectivity index is 1.67. The van der Waals surface area contributed by atoms with E-state index in [-0.39, 0.29) is 18.2 Å². The maximum atomic E-state index is 13.1. The molecule has 2 heterocycles. The molecule has 1 aliphatic heterocycles. The smallest absolute Gasteiger partial charge is 0.267 e. The van der Waals surface area contributed by atoms with E-state index in [1.807, 2.05) is 0 Å². The van der Waals surface area contributed by atoms with Gasteiger partial charge < -0.3 is 9.52 Å². The zero-order chi connectivity index (χ0) is 22.7. The molecule has 0 unspecified atom stereocenters. The molecule has 1 fully saturated rings. The van der Waals surface area contributed by atoms with Crippen molar-refractivity contribution in [2.45, 2.75) is 6.54 Å². The quantitative estimate of drug-likeness (QED) is 0.245. The lowest BCUT2D eigenvalue weighted by Crippen LogP contribution is -2.28. The second-order valence-electron chi connectivity index (χ2n) is 6.55. The van der Waals surface area contributed by atoms with Gasteiger partial charge in [-0.2, -0.15) is 5.10 Å². The van der Waals surface area contributed by atoms with Gasteiger partial charge in [-0.3, -0.25) is 9.69 Å². The monoisotopic (exact) mass is 505 g/mol. The first-order valence-electron chi connectivity index (χ1n) is 9.19. The lowest BCUT2D eigenvalue weighted by atomic mass is 10.2. The lowest BCUT2D eigenvalue weighted by molar-refractivity contribution is -0.122. The molecule has 0 bridgehead atoms. The molecule has 2 aromatic carbocycles. The van der Waals surface area contributed by atoms with Crippen molar-refractivity contribution in [3.8, 4) is 5.75 Å². The Morgan fingerprint density at radius 1 is 1.09 bits per heavy atom. The molecular weight excluding hydrogens is 493 g/mol. The van der Waals surface area contributed by atoms with Crippen LogP contribution >= 0.6 is 46.6 Å². The molecule has 3 aromatic rings. The number of nitrogens with zero attached hydrogens (tertiary/aromatic N) is 3. The molecular formula is C22H14Cl3N3O3S. The molecule has 0 aliphatic carbocycles. The summed E-state index contributed by atoms with van der Waals surface area (Å²) in [5.41, 5.74) is 1.01. The van der Waals surface area contributed by atoms with Crippen LogP contribution < -0.4 is 0 Å². The van der Waals surface area contributed by atoms with Crippen LogP contribution in [0.2, 0.25) is 15.1 Å². The van der Waals surface area contributed by atoms with Gasteiger partial charge in [0.2, 0.25) is 0 Å². The fraction of sp³-hybridized carbons (Fsp3) is 0.0455. The molecule has 1 aromatic heterocycles. The number of thioether (sulfide) groups is 1. The fourth-order valence-corrected chi connectivity index (χ4v) is 4.29. The Bertz CT molecular complexity index is 1260. The van der Waals surface area contributed by atoms with Crippen molar-refractivity contribution in [1.82, 2.24) is 4.90 Å². The van der Waals surface area contributed by atoms with Gasteiger partial charge in [0.05, 0.1) is 34.0 Å². The summed E-state index contributed by atoms with van der Waals surface area (Å²) in [5, 5.41) is 20.0. The molecule has 10 heteroatoms. The van der Waals surface area contributed by atoms with Gasteiger partial charge in [-0.15, -0.1) is 5.10 Å². The van der Waals surface area contributed by atoms with Gasteiger partial charge in [0.15, 0.2) is 5.17 Å². The molecule has 4 rings (SSSR count). The Labute approximate surface area is 202 Å². The van der Waals surface area contributed by atoms with Crippen LogP contribution in [0.4, 0.5) is 0 Å². The van der Waals surface area contributed by atoms with E-state index in [0.29, 0.717) is 42.0 Å². The number of aromatic hydroxyl groups is 1. The van der Waals surface area contributed by atoms with Crippen LogP contribution in [-0.2, 0) is 11.3 Å². The predicted molar refractivity (Wildman–Crippen MR) is 129 cm³/mol. The first-order valence-corrected chi connectivity index (χ1v) is 11.1. The number of rotatable bonds is 5. The maximum Gasteiger partial charge on any atom is 0.267 e. The molecule has 0 radical (unpaired) electrons. The number of hydrogen-bond donors (Lipinski definition) is 1. The van der Waals surface area contributed by atoms with Crippen LogP contribution in [0, 0.1) is 0 Å². The van der Waals surface area contributed by atoms with Crippen molar-refractivity contribution in [1.29, 1.82) is 0 Å². The topological polar surface area (TPSA) is 78.4 Å². The normalized spacial score (nSPS) is 16.7. The van der Waals surface area contributed by atoms with Crippen LogP contribution in [0.25, 0.3) is 6.08 Å². The second kappa shape index (κ2) is 9.83. The van der Waals surface area contributed by atoms with Gasteiger partial charge in [0.25, 0.3) is 5.91 Å². The number of amidine groups is 1. The van der Waals surface area contributed by atoms with Crippen LogP contribution in [-0.4, -0.2) is 27.3 Å². The van der Waals surface area contributed by atoms with E-state index in [9.17, 15) is 9.90 Å². The Morgan fingerprint density at radius 3 is 2.72 bits per heavy atom. The molecule has 32 heavy (non-hydrogen) atoms. The van der Waals surface area contributed by atoms with E-state index in [2.05, 4.69) is 10.2 Å². The average molecular weight is 507 g/mol. The van der Waals surface area contributed by atoms with E-state index in [1.165, 1.54) is 23.4 Å². The standard InChI is InChI=1S/C22H14Cl3N3O3S/c23-15-6-7-18(29)14(9-15)10-19-21(30)28(12-16-4-2-8-31-16)22(32-19)27-26-11-13-3-1-5-17(24)20(13)25/h1-11,29H,12H2/b19-10-,26-11+,27-22-. The number of hydrogen-bond acceptors (Lipinski definition) is 6. The van der Waals surface area contributed by atoms with Gasteiger partial charge in [-0.1, -0.05) is 46.9 Å². The summed E-state index contributed by atoms with van der Waals surface area (Å²) in [6.45, 7) is 0.171. The summed E-state index contributed by atoms with van der Waals surface area (Å²) in [7, 11) is 0. The van der Waals surface area contributed by atoms with Gasteiger partial charge in [0, 0.05) is 16.1 Å². The molecule has 1 saturated heterocycles. The zero-order valence-corrected chi connectivity index (χ0v) is 19.3. The van der Waals surface area contributed by atoms with Crippen molar-refractivity contribution >= 4 is 69.9 Å². The number of amides is 1. The minimum Gasteiger partial charge on any atom is -0.507 e. The Hall–Kier alpha value is -2.71. The van der Waals surface area contributed by atoms with Gasteiger partial charge in [-0.25, -0.2) is 0 Å². The zero-order valence-electron chi connectivity index (χ0n) is 16.2. The van der Waals surface area contributed by atoms with E-state index < -0.39 is 0 Å². The lowest BCUT2D eigenvalue weighted by Gasteiger charge is -2.12. The van der Waals surface area contributed by atoms with E-state index in [4.69, 9.17) is 39.2 Å². The van der Waals surface area contributed by atoms with Gasteiger partial charge in [-0.05, 0) is 54.2 Å². The number of benzene rings is 2. The summed E-state index contributed by atoms with van der Waals surface area (Å²) in [6.07, 6.45) is 4.55. The minimum absolute atomic E-state index is 0.00638. The van der Waals surface area contributed by atoms with E-state index in [0.717, 1.165) is 11.8 Å². The number of phenols is 1. The van der Waals surface area contributed by atoms with Crippen molar-refractivity contribution in [2.24, 2.45) is 10.2 Å². The van der Waals surface area contributed by atoms with Gasteiger partial charge >= 0.3 is 0 Å². The Morgan fingerprint density at radius 2 is 1.94 bits per heavy atom. The Kier molecular flexibility index (Phi) is 6.91. The number of carbonyl (C=O) groups excluding carboxylic acids is 1. The molecule has 0 saturated carbocycles. The summed E-state index contributed by atoms with van der Waals surface area (Å²) in [6, 6.07) is 13.3. The third-order valence-electron chi connectivity index (χ3n) is 4.38. The third-order valence-corrected chi connectivity index (χ3v) is 6.45. The predicted octanol–water partition coefficient (Wildman–Crippen LogP) is 6.45. The van der Waals surface area contributed by atoms with Crippen molar-refractivity contribution < 1.29 is 14.3 Å². The highest BCUT2D eigenvalue weighted by Gasteiger charge is 2.34. The van der Waals surface area contributed by atoms with Crippen molar-refractivity contribution in [2.75, 3.05) is 0 Å². The second-order valence-corrected chi connectivity index (χ2v) is 8.79. The van der Waals surface area contributed by atoms with Crippen LogP contribution in [0.3, 0.4) is 0 Å². The number of furan rings is 1. The highest BCUT2D eigenvalue weighted by atomic mass is 35.5. The highest BCUT2D eigenvalue weighted by molar-refractivity contribution is 8.18. The first kappa shape index (κ1) is 22.5. The fourth-order valence-electron chi connectivity index (χ4n) is 2.82. The van der Waals surface area contributed by atoms with Crippen molar-refractivity contribution in [3.05, 3.63) is 91.7 Å². The maximum absolute atomic E-state index is 13.1. The van der Waals surface area contributed by atoms with E-state index in [1.54, 1.807) is 48.5 Å². The first-order chi connectivity index (χ1) is 15.4. The molecule has 0 spiro atoms. The number of phenolic OH excluding ortho intramolecular Hbond substituents is 1. The summed E-state index contributed by atoms with van der Waals surface area (Å²) in [5.74, 6) is 0.285. The summed E-state index contributed by atoms with van der Waals surface area (Å²) >= 11 is 19.3. The SMILES string of the molecule is O=C1/C(=C/c2cc(Cl)ccc2O)S/C(=N\N=C\c2cccc(Cl)c2Cl)N1Cc1ccco1. The molecule has 1 aliphatic rings. The minimum atomic E-state index is -0.305. The molecule has 162 valence electrons. The largest absolute Gasteiger partial charge is 0.507 e. The summed E-state index contributed by atoms with van der Waals surface area (Å²) in [4.78, 5) is 14.9. The van der Waals surface area contributed by atoms with Crippen LogP contribution in [0.1, 0.15) is 16.9 Å². The molecule has 0 atom stereocenters. The highest BCUT2D eigenvalue weighted by Crippen LogP contribution is 2.35. The average Bonchev–Trinajstić information content (AvgIpc) is 3.38. The molecule has 6 nitrogen and oxygen atoms in total. The number of halogens is 3. The van der Waals surface area contributed by atoms with Crippen LogP contribution in [0.15, 0.2) is 74.3 Å². The molecule has 1 amide bonds. The number of carbonyl (C=O) groups is 1. The third kappa shape index (κ3) is 5.02. The van der Waals surface area contributed by atoms with Crippen molar-refractivity contribution in [3.63, 3.8) is 0 Å². The molecule has 1 N–H and O–H groups in total.